The van der Waals surface area contributed by atoms with Crippen LogP contribution in [-0.2, 0) is 4.79 Å². The molecule has 1 heterocycles. The first-order valence-corrected chi connectivity index (χ1v) is 7.22. The second-order valence-corrected chi connectivity index (χ2v) is 4.89. The number of para-hydroxylation sites is 1. The zero-order valence-corrected chi connectivity index (χ0v) is 12.3. The first-order chi connectivity index (χ1) is 10.8. The van der Waals surface area contributed by atoms with Crippen LogP contribution < -0.4 is 10.6 Å². The average molecular weight is 313 g/mol. The van der Waals surface area contributed by atoms with E-state index in [-0.39, 0.29) is 11.8 Å². The molecule has 0 atom stereocenters. The number of hydrogen-bond acceptors (Lipinski definition) is 4. The lowest BCUT2D eigenvalue weighted by molar-refractivity contribution is -0.113. The van der Waals surface area contributed by atoms with Crippen LogP contribution in [0.4, 0.5) is 17.2 Å². The van der Waals surface area contributed by atoms with Crippen molar-refractivity contribution in [1.82, 2.24) is 9.97 Å². The van der Waals surface area contributed by atoms with E-state index in [1.165, 1.54) is 6.33 Å². The molecule has 2 N–H and O–H groups in total. The minimum Gasteiger partial charge on any atom is -0.340 e. The summed E-state index contributed by atoms with van der Waals surface area (Å²) < 4.78 is 0. The predicted octanol–water partition coefficient (Wildman–Crippen LogP) is 3.55. The van der Waals surface area contributed by atoms with Crippen molar-refractivity contribution in [3.05, 3.63) is 54.9 Å². The van der Waals surface area contributed by atoms with Crippen LogP contribution in [0.2, 0.25) is 0 Å². The van der Waals surface area contributed by atoms with E-state index < -0.39 is 0 Å². The molecule has 2 aromatic carbocycles. The molecule has 5 nitrogen and oxygen atoms in total. The van der Waals surface area contributed by atoms with Crippen LogP contribution in [0.3, 0.4) is 0 Å². The van der Waals surface area contributed by atoms with Crippen molar-refractivity contribution in [1.29, 1.82) is 0 Å². The summed E-state index contributed by atoms with van der Waals surface area (Å²) in [5.74, 6) is 0.381. The molecule has 3 aromatic rings. The van der Waals surface area contributed by atoms with Gasteiger partial charge in [0.1, 0.15) is 18.0 Å². The molecule has 0 unspecified atom stereocenters. The van der Waals surface area contributed by atoms with Crippen LogP contribution in [0.1, 0.15) is 0 Å². The quantitative estimate of drug-likeness (QED) is 0.723. The van der Waals surface area contributed by atoms with E-state index in [1.807, 2.05) is 36.4 Å². The smallest absolute Gasteiger partial charge is 0.239 e. The Labute approximate surface area is 132 Å². The number of fused-ring (bicyclic) bond motifs is 1. The van der Waals surface area contributed by atoms with Crippen LogP contribution in [0, 0.1) is 0 Å². The van der Waals surface area contributed by atoms with Crippen LogP contribution in [0.25, 0.3) is 10.9 Å². The Kier molecular flexibility index (Phi) is 4.16. The first-order valence-electron chi connectivity index (χ1n) is 6.69. The first kappa shape index (κ1) is 14.3. The van der Waals surface area contributed by atoms with Gasteiger partial charge in [-0.3, -0.25) is 4.79 Å². The summed E-state index contributed by atoms with van der Waals surface area (Å²) in [4.78, 5) is 19.9. The van der Waals surface area contributed by atoms with Crippen molar-refractivity contribution in [2.75, 3.05) is 16.5 Å². The highest BCUT2D eigenvalue weighted by molar-refractivity contribution is 6.29. The SMILES string of the molecule is O=C(CCl)Nc1ccc2c(Nc3ccccc3)ncnc2c1. The van der Waals surface area contributed by atoms with Crippen LogP contribution in [-0.4, -0.2) is 21.8 Å². The molecule has 1 aromatic heterocycles. The van der Waals surface area contributed by atoms with Crippen molar-refractivity contribution < 1.29 is 4.79 Å². The molecule has 0 bridgehead atoms. The number of alkyl halides is 1. The minimum atomic E-state index is -0.252. The summed E-state index contributed by atoms with van der Waals surface area (Å²) in [6.07, 6.45) is 1.49. The Morgan fingerprint density at radius 2 is 1.86 bits per heavy atom. The lowest BCUT2D eigenvalue weighted by atomic mass is 10.2. The molecular weight excluding hydrogens is 300 g/mol. The van der Waals surface area contributed by atoms with Crippen molar-refractivity contribution in [2.24, 2.45) is 0 Å². The van der Waals surface area contributed by atoms with Crippen LogP contribution in [0.15, 0.2) is 54.9 Å². The topological polar surface area (TPSA) is 66.9 Å². The zero-order valence-electron chi connectivity index (χ0n) is 11.6. The van der Waals surface area contributed by atoms with Gasteiger partial charge in [0.25, 0.3) is 0 Å². The van der Waals surface area contributed by atoms with Crippen molar-refractivity contribution in [3.8, 4) is 0 Å². The van der Waals surface area contributed by atoms with Gasteiger partial charge in [0, 0.05) is 16.8 Å². The summed E-state index contributed by atoms with van der Waals surface area (Å²) in [6.45, 7) is 0. The fraction of sp³-hybridized carbons (Fsp3) is 0.0625. The monoisotopic (exact) mass is 312 g/mol. The van der Waals surface area contributed by atoms with Crippen LogP contribution >= 0.6 is 11.6 Å². The van der Waals surface area contributed by atoms with Gasteiger partial charge in [-0.05, 0) is 30.3 Å². The normalized spacial score (nSPS) is 10.4. The van der Waals surface area contributed by atoms with E-state index >= 15 is 0 Å². The molecule has 1 amide bonds. The standard InChI is InChI=1S/C16H13ClN4O/c17-9-15(22)20-12-6-7-13-14(8-12)18-10-19-16(13)21-11-4-2-1-3-5-11/h1-8,10H,9H2,(H,20,22)(H,18,19,21). The van der Waals surface area contributed by atoms with E-state index in [0.29, 0.717) is 11.5 Å². The van der Waals surface area contributed by atoms with E-state index in [4.69, 9.17) is 11.6 Å². The van der Waals surface area contributed by atoms with Crippen molar-refractivity contribution in [3.63, 3.8) is 0 Å². The van der Waals surface area contributed by atoms with E-state index in [2.05, 4.69) is 20.6 Å². The Morgan fingerprint density at radius 3 is 2.64 bits per heavy atom. The molecule has 110 valence electrons. The number of carbonyl (C=O) groups is 1. The third kappa shape index (κ3) is 3.15. The fourth-order valence-electron chi connectivity index (χ4n) is 2.09. The van der Waals surface area contributed by atoms with Gasteiger partial charge in [0.05, 0.1) is 5.52 Å². The van der Waals surface area contributed by atoms with E-state index in [9.17, 15) is 4.79 Å². The van der Waals surface area contributed by atoms with E-state index in [0.717, 1.165) is 16.6 Å². The number of halogens is 1. The second kappa shape index (κ2) is 6.41. The number of anilines is 3. The summed E-state index contributed by atoms with van der Waals surface area (Å²) in [5, 5.41) is 6.83. The van der Waals surface area contributed by atoms with Gasteiger partial charge in [0.15, 0.2) is 0 Å². The molecule has 0 fully saturated rings. The summed E-state index contributed by atoms with van der Waals surface area (Å²) >= 11 is 5.49. The number of rotatable bonds is 4. The van der Waals surface area contributed by atoms with Gasteiger partial charge in [-0.25, -0.2) is 9.97 Å². The Hall–Kier alpha value is -2.66. The zero-order chi connectivity index (χ0) is 15.4. The van der Waals surface area contributed by atoms with Gasteiger partial charge < -0.3 is 10.6 Å². The lowest BCUT2D eigenvalue weighted by Crippen LogP contribution is -2.12. The highest BCUT2D eigenvalue weighted by Gasteiger charge is 2.06. The van der Waals surface area contributed by atoms with Gasteiger partial charge >= 0.3 is 0 Å². The number of aromatic nitrogens is 2. The van der Waals surface area contributed by atoms with Crippen molar-refractivity contribution >= 4 is 45.6 Å². The molecule has 0 aliphatic heterocycles. The average Bonchev–Trinajstić information content (AvgIpc) is 2.56. The van der Waals surface area contributed by atoms with Gasteiger partial charge in [-0.1, -0.05) is 18.2 Å². The summed E-state index contributed by atoms with van der Waals surface area (Å²) in [5.41, 5.74) is 2.34. The van der Waals surface area contributed by atoms with Crippen LogP contribution in [0.5, 0.6) is 0 Å². The molecule has 0 aliphatic rings. The van der Waals surface area contributed by atoms with Crippen molar-refractivity contribution in [2.45, 2.75) is 0 Å². The van der Waals surface area contributed by atoms with Gasteiger partial charge in [0.2, 0.25) is 5.91 Å². The maximum Gasteiger partial charge on any atom is 0.239 e. The molecule has 3 rings (SSSR count). The number of hydrogen-bond donors (Lipinski definition) is 2. The largest absolute Gasteiger partial charge is 0.340 e. The molecule has 6 heteroatoms. The molecule has 0 saturated carbocycles. The number of nitrogens with zero attached hydrogens (tertiary/aromatic N) is 2. The Balaban J connectivity index is 1.94. The number of amides is 1. The predicted molar refractivity (Wildman–Crippen MR) is 88.6 cm³/mol. The number of carbonyl (C=O) groups excluding carboxylic acids is 1. The van der Waals surface area contributed by atoms with Gasteiger partial charge in [-0.2, -0.15) is 0 Å². The maximum absolute atomic E-state index is 11.3. The molecular formula is C16H13ClN4O. The Bertz CT molecular complexity index is 808. The molecule has 0 saturated heterocycles. The highest BCUT2D eigenvalue weighted by atomic mass is 35.5. The fourth-order valence-corrected chi connectivity index (χ4v) is 2.15. The minimum absolute atomic E-state index is 0.0807. The molecule has 0 radical (unpaired) electrons. The molecule has 0 spiro atoms. The molecule has 0 aliphatic carbocycles. The summed E-state index contributed by atoms with van der Waals surface area (Å²) in [6, 6.07) is 15.2. The maximum atomic E-state index is 11.3. The number of benzene rings is 2. The number of nitrogens with one attached hydrogen (secondary N) is 2. The highest BCUT2D eigenvalue weighted by Crippen LogP contribution is 2.25. The van der Waals surface area contributed by atoms with E-state index in [1.54, 1.807) is 12.1 Å². The Morgan fingerprint density at radius 1 is 1.05 bits per heavy atom. The third-order valence-electron chi connectivity index (χ3n) is 3.08. The molecule has 22 heavy (non-hydrogen) atoms. The third-order valence-corrected chi connectivity index (χ3v) is 3.32. The summed E-state index contributed by atoms with van der Waals surface area (Å²) in [7, 11) is 0. The lowest BCUT2D eigenvalue weighted by Gasteiger charge is -2.09. The second-order valence-electron chi connectivity index (χ2n) is 4.63. The van der Waals surface area contributed by atoms with Gasteiger partial charge in [-0.15, -0.1) is 11.6 Å².